The third-order valence-electron chi connectivity index (χ3n) is 3.75. The maximum atomic E-state index is 3.64. The number of fused-ring (bicyclic) bond motifs is 2. The molecule has 0 radical (unpaired) electrons. The van der Waals surface area contributed by atoms with Crippen LogP contribution in [0.5, 0.6) is 0 Å². The topological polar surface area (TPSA) is 12.0 Å². The zero-order valence-electron chi connectivity index (χ0n) is 8.95. The molecule has 0 saturated carbocycles. The number of rotatable bonds is 0. The van der Waals surface area contributed by atoms with Crippen molar-refractivity contribution in [1.82, 2.24) is 5.32 Å². The highest BCUT2D eigenvalue weighted by molar-refractivity contribution is 5.43. The van der Waals surface area contributed by atoms with Gasteiger partial charge in [0, 0.05) is 6.04 Å². The first kappa shape index (κ1) is 9.17. The fourth-order valence-corrected chi connectivity index (χ4v) is 2.97. The van der Waals surface area contributed by atoms with Gasteiger partial charge in [-0.15, -0.1) is 0 Å². The zero-order chi connectivity index (χ0) is 10.1. The summed E-state index contributed by atoms with van der Waals surface area (Å²) in [4.78, 5) is 0. The van der Waals surface area contributed by atoms with Crippen LogP contribution in [0.4, 0.5) is 0 Å². The van der Waals surface area contributed by atoms with Gasteiger partial charge in [-0.05, 0) is 42.9 Å². The van der Waals surface area contributed by atoms with Gasteiger partial charge in [0.25, 0.3) is 0 Å². The molecular weight excluding hydrogens is 182 g/mol. The van der Waals surface area contributed by atoms with Crippen LogP contribution in [0.2, 0.25) is 0 Å². The fourth-order valence-electron chi connectivity index (χ4n) is 2.97. The highest BCUT2D eigenvalue weighted by atomic mass is 15.0. The molecular formula is C14H17N. The van der Waals surface area contributed by atoms with E-state index < -0.39 is 0 Å². The average molecular weight is 199 g/mol. The van der Waals surface area contributed by atoms with Crippen LogP contribution in [0.25, 0.3) is 0 Å². The molecule has 15 heavy (non-hydrogen) atoms. The number of hydrogen-bond donors (Lipinski definition) is 1. The molecule has 1 aliphatic heterocycles. The van der Waals surface area contributed by atoms with E-state index in [0.29, 0.717) is 6.04 Å². The lowest BCUT2D eigenvalue weighted by molar-refractivity contribution is 0.440. The van der Waals surface area contributed by atoms with E-state index in [1.54, 1.807) is 0 Å². The van der Waals surface area contributed by atoms with Gasteiger partial charge in [0.1, 0.15) is 0 Å². The SMILES string of the molecule is C1=C\C=C/C2=C(\C=C/1)CCC1CCNC21. The Morgan fingerprint density at radius 1 is 1.00 bits per heavy atom. The predicted molar refractivity (Wildman–Crippen MR) is 63.6 cm³/mol. The Morgan fingerprint density at radius 2 is 1.87 bits per heavy atom. The van der Waals surface area contributed by atoms with Gasteiger partial charge in [0.2, 0.25) is 0 Å². The number of nitrogens with one attached hydrogen (secondary N) is 1. The van der Waals surface area contributed by atoms with Crippen molar-refractivity contribution in [3.63, 3.8) is 0 Å². The Bertz CT molecular complexity index is 371. The van der Waals surface area contributed by atoms with Crippen molar-refractivity contribution < 1.29 is 0 Å². The summed E-state index contributed by atoms with van der Waals surface area (Å²) in [6.07, 6.45) is 17.1. The first-order valence-electron chi connectivity index (χ1n) is 5.93. The molecule has 3 rings (SSSR count). The van der Waals surface area contributed by atoms with Crippen molar-refractivity contribution in [3.05, 3.63) is 47.6 Å². The molecule has 0 spiro atoms. The normalized spacial score (nSPS) is 40.0. The summed E-state index contributed by atoms with van der Waals surface area (Å²) in [6, 6.07) is 0.626. The van der Waals surface area contributed by atoms with Crippen LogP contribution in [0.1, 0.15) is 19.3 Å². The third-order valence-corrected chi connectivity index (χ3v) is 3.75. The minimum atomic E-state index is 0.626. The van der Waals surface area contributed by atoms with Crippen LogP contribution in [-0.4, -0.2) is 12.6 Å². The van der Waals surface area contributed by atoms with Gasteiger partial charge in [-0.25, -0.2) is 0 Å². The predicted octanol–water partition coefficient (Wildman–Crippen LogP) is 2.74. The van der Waals surface area contributed by atoms with Gasteiger partial charge in [0.15, 0.2) is 0 Å². The van der Waals surface area contributed by atoms with Crippen molar-refractivity contribution >= 4 is 0 Å². The quantitative estimate of drug-likeness (QED) is 0.632. The second kappa shape index (κ2) is 3.82. The molecule has 3 aliphatic rings. The Hall–Kier alpha value is -1.08. The lowest BCUT2D eigenvalue weighted by Gasteiger charge is -2.28. The van der Waals surface area contributed by atoms with Crippen LogP contribution in [0, 0.1) is 5.92 Å². The van der Waals surface area contributed by atoms with E-state index in [0.717, 1.165) is 5.92 Å². The summed E-state index contributed by atoms with van der Waals surface area (Å²) < 4.78 is 0. The highest BCUT2D eigenvalue weighted by Crippen LogP contribution is 2.36. The summed E-state index contributed by atoms with van der Waals surface area (Å²) >= 11 is 0. The van der Waals surface area contributed by atoms with Crippen LogP contribution >= 0.6 is 0 Å². The second-order valence-corrected chi connectivity index (χ2v) is 4.60. The lowest BCUT2D eigenvalue weighted by atomic mass is 9.80. The second-order valence-electron chi connectivity index (χ2n) is 4.60. The standard InChI is InChI=1S/C14H17N/c1-2-4-6-13-11(5-3-1)7-8-12-9-10-15-14(12)13/h1-6,12,14-15H,7-10H2/b2-1-,3-1?,4-2?,5-3-,6-4-,11-5?,13-6?. The average Bonchev–Trinajstić information content (AvgIpc) is 2.65. The van der Waals surface area contributed by atoms with E-state index in [-0.39, 0.29) is 0 Å². The lowest BCUT2D eigenvalue weighted by Crippen LogP contribution is -2.32. The van der Waals surface area contributed by atoms with Crippen molar-refractivity contribution in [2.75, 3.05) is 6.54 Å². The molecule has 2 atom stereocenters. The van der Waals surface area contributed by atoms with Gasteiger partial charge < -0.3 is 5.32 Å². The zero-order valence-corrected chi connectivity index (χ0v) is 8.95. The Balaban J connectivity index is 2.00. The van der Waals surface area contributed by atoms with Gasteiger partial charge in [-0.3, -0.25) is 0 Å². The minimum Gasteiger partial charge on any atom is -0.310 e. The van der Waals surface area contributed by atoms with Crippen LogP contribution < -0.4 is 5.32 Å². The van der Waals surface area contributed by atoms with Gasteiger partial charge >= 0.3 is 0 Å². The first-order chi connectivity index (χ1) is 7.45. The number of hydrogen-bond acceptors (Lipinski definition) is 1. The summed E-state index contributed by atoms with van der Waals surface area (Å²) in [5.41, 5.74) is 3.07. The molecule has 1 nitrogen and oxygen atoms in total. The summed E-state index contributed by atoms with van der Waals surface area (Å²) in [6.45, 7) is 1.19. The molecule has 0 aromatic rings. The Labute approximate surface area is 91.3 Å². The van der Waals surface area contributed by atoms with E-state index in [1.165, 1.54) is 37.0 Å². The number of allylic oxidation sites excluding steroid dienone is 6. The van der Waals surface area contributed by atoms with E-state index in [9.17, 15) is 0 Å². The molecule has 2 unspecified atom stereocenters. The Kier molecular flexibility index (Phi) is 2.34. The summed E-state index contributed by atoms with van der Waals surface area (Å²) in [5.74, 6) is 0.880. The molecule has 78 valence electrons. The van der Waals surface area contributed by atoms with Crippen LogP contribution in [0.3, 0.4) is 0 Å². The molecule has 2 aliphatic carbocycles. The molecule has 1 N–H and O–H groups in total. The van der Waals surface area contributed by atoms with Crippen molar-refractivity contribution in [2.45, 2.75) is 25.3 Å². The Morgan fingerprint density at radius 3 is 2.80 bits per heavy atom. The molecule has 0 amide bonds. The maximum Gasteiger partial charge on any atom is 0.0351 e. The van der Waals surface area contributed by atoms with Crippen LogP contribution in [0.15, 0.2) is 47.6 Å². The molecule has 0 bridgehead atoms. The first-order valence-corrected chi connectivity index (χ1v) is 5.93. The van der Waals surface area contributed by atoms with E-state index in [2.05, 4.69) is 41.8 Å². The molecule has 1 heterocycles. The van der Waals surface area contributed by atoms with Crippen LogP contribution in [-0.2, 0) is 0 Å². The highest BCUT2D eigenvalue weighted by Gasteiger charge is 2.32. The van der Waals surface area contributed by atoms with Crippen molar-refractivity contribution in [3.8, 4) is 0 Å². The third kappa shape index (κ3) is 1.61. The molecule has 0 aromatic heterocycles. The molecule has 1 fully saturated rings. The van der Waals surface area contributed by atoms with Crippen molar-refractivity contribution in [2.24, 2.45) is 5.92 Å². The maximum absolute atomic E-state index is 3.64. The van der Waals surface area contributed by atoms with Gasteiger partial charge in [0.05, 0.1) is 0 Å². The molecule has 0 aromatic carbocycles. The van der Waals surface area contributed by atoms with Crippen molar-refractivity contribution in [1.29, 1.82) is 0 Å². The fraction of sp³-hybridized carbons (Fsp3) is 0.429. The summed E-state index contributed by atoms with van der Waals surface area (Å²) in [7, 11) is 0. The minimum absolute atomic E-state index is 0.626. The van der Waals surface area contributed by atoms with Gasteiger partial charge in [-0.1, -0.05) is 36.5 Å². The largest absolute Gasteiger partial charge is 0.310 e. The molecule has 1 heteroatoms. The van der Waals surface area contributed by atoms with E-state index in [4.69, 9.17) is 0 Å². The monoisotopic (exact) mass is 199 g/mol. The molecule has 1 saturated heterocycles. The smallest absolute Gasteiger partial charge is 0.0351 e. The van der Waals surface area contributed by atoms with E-state index >= 15 is 0 Å². The van der Waals surface area contributed by atoms with Gasteiger partial charge in [-0.2, -0.15) is 0 Å². The summed E-state index contributed by atoms with van der Waals surface area (Å²) in [5, 5.41) is 3.64. The van der Waals surface area contributed by atoms with E-state index in [1.807, 2.05) is 0 Å².